The van der Waals surface area contributed by atoms with Crippen LogP contribution >= 0.6 is 0 Å². The summed E-state index contributed by atoms with van der Waals surface area (Å²) in [5.74, 6) is 0.840. The van der Waals surface area contributed by atoms with Crippen LogP contribution < -0.4 is 15.5 Å². The zero-order chi connectivity index (χ0) is 39.5. The van der Waals surface area contributed by atoms with E-state index in [1.807, 2.05) is 50.3 Å². The van der Waals surface area contributed by atoms with E-state index < -0.39 is 22.7 Å². The van der Waals surface area contributed by atoms with E-state index in [0.717, 1.165) is 93.7 Å². The number of benzene rings is 2. The number of nitrogens with one attached hydrogen (secondary N) is 2. The molecule has 2 atom stereocenters. The van der Waals surface area contributed by atoms with Crippen LogP contribution in [0.5, 0.6) is 0 Å². The van der Waals surface area contributed by atoms with Crippen molar-refractivity contribution in [1.82, 2.24) is 24.7 Å². The molecule has 0 aliphatic carbocycles. The molecule has 2 unspecified atom stereocenters. The predicted molar refractivity (Wildman–Crippen MR) is 216 cm³/mol. The lowest BCUT2D eigenvalue weighted by atomic mass is 9.86. The average Bonchev–Trinajstić information content (AvgIpc) is 3.17. The van der Waals surface area contributed by atoms with Crippen LogP contribution in [0.1, 0.15) is 106 Å². The molecule has 3 aliphatic heterocycles. The minimum atomic E-state index is -1.25. The van der Waals surface area contributed by atoms with Crippen LogP contribution in [0.25, 0.3) is 0 Å². The van der Waals surface area contributed by atoms with Gasteiger partial charge in [0.2, 0.25) is 12.3 Å². The molecule has 12 nitrogen and oxygen atoms in total. The molecule has 0 radical (unpaired) electrons. The molecule has 0 bridgehead atoms. The van der Waals surface area contributed by atoms with Crippen molar-refractivity contribution < 1.29 is 28.1 Å². The summed E-state index contributed by atoms with van der Waals surface area (Å²) < 4.78 is 21.0. The van der Waals surface area contributed by atoms with Gasteiger partial charge < -0.3 is 19.9 Å². The van der Waals surface area contributed by atoms with Gasteiger partial charge in [-0.3, -0.25) is 24.6 Å². The lowest BCUT2D eigenvalue weighted by molar-refractivity contribution is -0.125. The van der Waals surface area contributed by atoms with E-state index in [9.17, 15) is 23.4 Å². The number of likely N-dealkylation sites (tertiary alicyclic amines) is 1. The van der Waals surface area contributed by atoms with Gasteiger partial charge in [0, 0.05) is 69.0 Å². The normalized spacial score (nSPS) is 19.5. The summed E-state index contributed by atoms with van der Waals surface area (Å²) in [5, 5.41) is 5.16. The second kappa shape index (κ2) is 20.0. The molecular formula is C42H62N6O6S. The number of aldehydes is 1. The molecule has 55 heavy (non-hydrogen) atoms. The molecule has 0 spiro atoms. The minimum absolute atomic E-state index is 0.0238. The minimum Gasteiger partial charge on any atom is -0.444 e. The molecule has 0 saturated carbocycles. The van der Waals surface area contributed by atoms with E-state index >= 15 is 0 Å². The zero-order valence-corrected chi connectivity index (χ0v) is 34.3. The van der Waals surface area contributed by atoms with Gasteiger partial charge in [-0.05, 0) is 134 Å². The number of nitrogens with zero attached hydrogens (tertiary/aromatic N) is 4. The number of hydrogen-bond acceptors (Lipinski definition) is 9. The predicted octanol–water partition coefficient (Wildman–Crippen LogP) is 5.48. The highest BCUT2D eigenvalue weighted by Crippen LogP contribution is 2.32. The lowest BCUT2D eigenvalue weighted by Crippen LogP contribution is -2.46. The first-order valence-electron chi connectivity index (χ1n) is 20.1. The number of ether oxygens (including phenoxy) is 1. The number of rotatable bonds is 15. The van der Waals surface area contributed by atoms with Crippen LogP contribution in [-0.4, -0.2) is 114 Å². The van der Waals surface area contributed by atoms with E-state index in [2.05, 4.69) is 56.5 Å². The molecule has 3 saturated heterocycles. The Kier molecular flexibility index (Phi) is 15.4. The van der Waals surface area contributed by atoms with Crippen LogP contribution in [-0.2, 0) is 31.9 Å². The molecule has 5 rings (SSSR count). The highest BCUT2D eigenvalue weighted by molar-refractivity contribution is 7.82. The number of anilines is 1. The summed E-state index contributed by atoms with van der Waals surface area (Å²) >= 11 is 0. The Labute approximate surface area is 330 Å². The third-order valence-electron chi connectivity index (χ3n) is 11.5. The van der Waals surface area contributed by atoms with E-state index in [0.29, 0.717) is 49.9 Å². The number of carbonyl (C=O) groups is 4. The van der Waals surface area contributed by atoms with Crippen LogP contribution in [0.4, 0.5) is 10.5 Å². The van der Waals surface area contributed by atoms with Gasteiger partial charge in [-0.1, -0.05) is 24.3 Å². The summed E-state index contributed by atoms with van der Waals surface area (Å²) in [4.78, 5) is 54.4. The monoisotopic (exact) mass is 778 g/mol. The number of hydrogen-bond donors (Lipinski definition) is 2. The maximum atomic E-state index is 13.6. The first-order valence-corrected chi connectivity index (χ1v) is 21.2. The Morgan fingerprint density at radius 3 is 2.33 bits per heavy atom. The Balaban J connectivity index is 1.05. The third kappa shape index (κ3) is 12.7. The van der Waals surface area contributed by atoms with Gasteiger partial charge in [0.15, 0.2) is 0 Å². The van der Waals surface area contributed by atoms with Gasteiger partial charge in [-0.15, -0.1) is 0 Å². The van der Waals surface area contributed by atoms with Crippen molar-refractivity contribution in [1.29, 1.82) is 0 Å². The molecule has 2 N–H and O–H groups in total. The Morgan fingerprint density at radius 2 is 1.67 bits per heavy atom. The molecule has 0 aromatic heterocycles. The summed E-state index contributed by atoms with van der Waals surface area (Å²) in [6.07, 6.45) is 7.79. The van der Waals surface area contributed by atoms with Crippen LogP contribution in [0.2, 0.25) is 0 Å². The number of alkyl carbamates (subject to hydrolysis) is 1. The van der Waals surface area contributed by atoms with Gasteiger partial charge in [-0.2, -0.15) is 0 Å². The Morgan fingerprint density at radius 1 is 0.964 bits per heavy atom. The summed E-state index contributed by atoms with van der Waals surface area (Å²) in [6, 6.07) is 14.6. The molecule has 302 valence electrons. The lowest BCUT2D eigenvalue weighted by Gasteiger charge is -2.38. The summed E-state index contributed by atoms with van der Waals surface area (Å²) in [6.45, 7) is 14.8. The van der Waals surface area contributed by atoms with E-state index in [-0.39, 0.29) is 24.4 Å². The molecule has 2 aromatic rings. The van der Waals surface area contributed by atoms with E-state index in [4.69, 9.17) is 4.74 Å². The van der Waals surface area contributed by atoms with E-state index in [1.165, 1.54) is 5.56 Å². The van der Waals surface area contributed by atoms with E-state index in [1.54, 1.807) is 0 Å². The van der Waals surface area contributed by atoms with Crippen molar-refractivity contribution in [2.45, 2.75) is 114 Å². The summed E-state index contributed by atoms with van der Waals surface area (Å²) in [7, 11) is 0.757. The Bertz CT molecular complexity index is 1630. The topological polar surface area (TPSA) is 132 Å². The maximum Gasteiger partial charge on any atom is 0.407 e. The van der Waals surface area contributed by atoms with Gasteiger partial charge in [-0.25, -0.2) is 13.3 Å². The fourth-order valence-corrected chi connectivity index (χ4v) is 9.28. The zero-order valence-electron chi connectivity index (χ0n) is 33.5. The van der Waals surface area contributed by atoms with Crippen molar-refractivity contribution in [3.63, 3.8) is 0 Å². The largest absolute Gasteiger partial charge is 0.444 e. The number of piperidine rings is 3. The quantitative estimate of drug-likeness (QED) is 0.226. The van der Waals surface area contributed by atoms with Crippen molar-refractivity contribution in [2.75, 3.05) is 57.8 Å². The number of amides is 3. The van der Waals surface area contributed by atoms with Gasteiger partial charge >= 0.3 is 6.09 Å². The molecule has 3 amide bonds. The fourth-order valence-electron chi connectivity index (χ4n) is 8.02. The van der Waals surface area contributed by atoms with Crippen LogP contribution in [0.3, 0.4) is 0 Å². The second-order valence-electron chi connectivity index (χ2n) is 16.7. The number of imide groups is 1. The molecule has 3 heterocycles. The van der Waals surface area contributed by atoms with Crippen molar-refractivity contribution in [3.8, 4) is 0 Å². The van der Waals surface area contributed by atoms with Gasteiger partial charge in [0.05, 0.1) is 4.90 Å². The first kappa shape index (κ1) is 42.5. The first-order chi connectivity index (χ1) is 26.3. The molecule has 13 heteroatoms. The highest BCUT2D eigenvalue weighted by Gasteiger charge is 2.29. The van der Waals surface area contributed by atoms with Crippen LogP contribution in [0.15, 0.2) is 47.4 Å². The third-order valence-corrected chi connectivity index (χ3v) is 13.0. The molecule has 3 aliphatic rings. The highest BCUT2D eigenvalue weighted by atomic mass is 32.2. The van der Waals surface area contributed by atoms with Crippen molar-refractivity contribution >= 4 is 41.4 Å². The SMILES string of the molecule is CC(CCC(=O)NC=O)N(C)Cc1cc(C2CCN(CC3CCN(c4cccc(S(=O)N5CCC(NC(=O)OC(C)(C)C)CC5)c4)CC3)CC2)ccc1C=O. The standard InChI is InChI=1S/C42H62N6O6S/c1-31(9-12-40(51)43-30-50)45(5)28-36-25-34(10-11-35(36)29-49)33-15-19-46(20-16-33)27-32-13-21-47(22-14-32)38-7-6-8-39(26-38)55(53)48-23-17-37(18-24-48)44-41(52)54-42(2,3)4/h6-8,10-11,25-26,29-33,37H,9,12-24,27-28H2,1-5H3,(H,44,52)(H,43,50,51). The second-order valence-corrected chi connectivity index (χ2v) is 18.2. The maximum absolute atomic E-state index is 13.6. The number of carbonyl (C=O) groups excluding carboxylic acids is 4. The van der Waals surface area contributed by atoms with Gasteiger partial charge in [0.1, 0.15) is 22.9 Å². The van der Waals surface area contributed by atoms with Crippen molar-refractivity contribution in [2.24, 2.45) is 5.92 Å². The molecular weight excluding hydrogens is 717 g/mol. The van der Waals surface area contributed by atoms with Crippen LogP contribution in [0, 0.1) is 5.92 Å². The Hall–Kier alpha value is -3.65. The molecule has 3 fully saturated rings. The summed E-state index contributed by atoms with van der Waals surface area (Å²) in [5.41, 5.74) is 3.61. The smallest absolute Gasteiger partial charge is 0.407 e. The van der Waals surface area contributed by atoms with Crippen molar-refractivity contribution in [3.05, 3.63) is 59.2 Å². The molecule has 2 aromatic carbocycles. The van der Waals surface area contributed by atoms with Gasteiger partial charge in [0.25, 0.3) is 0 Å². The average molecular weight is 779 g/mol. The fraction of sp³-hybridized carbons (Fsp3) is 0.619.